The summed E-state index contributed by atoms with van der Waals surface area (Å²) in [7, 11) is 0. The summed E-state index contributed by atoms with van der Waals surface area (Å²) in [4.78, 5) is 11.2. The summed E-state index contributed by atoms with van der Waals surface area (Å²) in [5.41, 5.74) is 0. The van der Waals surface area contributed by atoms with E-state index in [1.165, 1.54) is 32.1 Å². The van der Waals surface area contributed by atoms with Crippen molar-refractivity contribution in [3.05, 3.63) is 0 Å². The van der Waals surface area contributed by atoms with Crippen molar-refractivity contribution in [1.29, 1.82) is 0 Å². The highest BCUT2D eigenvalue weighted by atomic mass is 35.5. The maximum atomic E-state index is 11.2. The third-order valence-corrected chi connectivity index (χ3v) is 3.48. The minimum absolute atomic E-state index is 0.0692. The average Bonchev–Trinajstić information content (AvgIpc) is 2.32. The van der Waals surface area contributed by atoms with E-state index in [1.807, 2.05) is 6.92 Å². The number of unbranched alkanes of at least 4 members (excludes halogenated alkanes) is 6. The van der Waals surface area contributed by atoms with Crippen molar-refractivity contribution < 1.29 is 9.53 Å². The Bertz CT molecular complexity index is 198. The van der Waals surface area contributed by atoms with Crippen LogP contribution >= 0.6 is 23.2 Å². The molecule has 1 atom stereocenters. The minimum atomic E-state index is -0.182. The molecule has 0 saturated heterocycles. The second kappa shape index (κ2) is 13.5. The number of rotatable bonds is 12. The van der Waals surface area contributed by atoms with E-state index < -0.39 is 0 Å². The van der Waals surface area contributed by atoms with Crippen LogP contribution in [0, 0.1) is 0 Å². The summed E-state index contributed by atoms with van der Waals surface area (Å²) in [6.45, 7) is 2.25. The number of carbonyl (C=O) groups excluding carboxylic acids is 1. The number of halogens is 2. The van der Waals surface area contributed by atoms with Crippen molar-refractivity contribution in [2.75, 3.05) is 12.5 Å². The van der Waals surface area contributed by atoms with Crippen LogP contribution in [0.3, 0.4) is 0 Å². The van der Waals surface area contributed by atoms with Gasteiger partial charge >= 0.3 is 5.97 Å². The van der Waals surface area contributed by atoms with E-state index in [4.69, 9.17) is 27.9 Å². The second-order valence-electron chi connectivity index (χ2n) is 4.56. The van der Waals surface area contributed by atoms with Crippen LogP contribution in [-0.2, 0) is 9.53 Å². The Balaban J connectivity index is 3.24. The van der Waals surface area contributed by atoms with E-state index in [-0.39, 0.29) is 11.3 Å². The molecule has 0 rings (SSSR count). The van der Waals surface area contributed by atoms with E-state index >= 15 is 0 Å². The van der Waals surface area contributed by atoms with E-state index in [9.17, 15) is 4.79 Å². The highest BCUT2D eigenvalue weighted by Gasteiger charge is 2.11. The Hall–Kier alpha value is 0.0500. The van der Waals surface area contributed by atoms with Crippen LogP contribution in [0.15, 0.2) is 0 Å². The van der Waals surface area contributed by atoms with Gasteiger partial charge in [-0.1, -0.05) is 38.5 Å². The summed E-state index contributed by atoms with van der Waals surface area (Å²) in [5.74, 6) is 0.598. The van der Waals surface area contributed by atoms with Gasteiger partial charge in [-0.3, -0.25) is 4.79 Å². The van der Waals surface area contributed by atoms with Crippen LogP contribution in [0.1, 0.15) is 64.7 Å². The first-order valence-corrected chi connectivity index (χ1v) is 8.03. The smallest absolute Gasteiger partial charge is 0.307 e. The van der Waals surface area contributed by atoms with Gasteiger partial charge in [-0.05, 0) is 19.8 Å². The molecule has 18 heavy (non-hydrogen) atoms. The molecular weight excluding hydrogens is 271 g/mol. The monoisotopic (exact) mass is 296 g/mol. The van der Waals surface area contributed by atoms with Gasteiger partial charge in [0.05, 0.1) is 13.0 Å². The number of carbonyl (C=O) groups is 1. The first-order valence-electron chi connectivity index (χ1n) is 7.06. The molecule has 108 valence electrons. The number of hydrogen-bond donors (Lipinski definition) is 0. The van der Waals surface area contributed by atoms with Crippen molar-refractivity contribution in [1.82, 2.24) is 0 Å². The first kappa shape index (κ1) is 18.0. The highest BCUT2D eigenvalue weighted by molar-refractivity contribution is 6.21. The van der Waals surface area contributed by atoms with Crippen LogP contribution in [0.25, 0.3) is 0 Å². The normalized spacial score (nSPS) is 12.4. The molecule has 0 amide bonds. The molecule has 0 radical (unpaired) electrons. The van der Waals surface area contributed by atoms with Crippen LogP contribution in [0.5, 0.6) is 0 Å². The highest BCUT2D eigenvalue weighted by Crippen LogP contribution is 2.15. The van der Waals surface area contributed by atoms with Crippen molar-refractivity contribution in [2.45, 2.75) is 70.1 Å². The van der Waals surface area contributed by atoms with Gasteiger partial charge in [0.15, 0.2) is 0 Å². The molecule has 0 N–H and O–H groups in total. The largest absolute Gasteiger partial charge is 0.466 e. The fourth-order valence-corrected chi connectivity index (χ4v) is 2.32. The van der Waals surface area contributed by atoms with Gasteiger partial charge in [-0.2, -0.15) is 0 Å². The molecule has 0 fully saturated rings. The lowest BCUT2D eigenvalue weighted by atomic mass is 10.1. The molecule has 2 nitrogen and oxygen atoms in total. The molecule has 0 bridgehead atoms. The van der Waals surface area contributed by atoms with Crippen molar-refractivity contribution in [2.24, 2.45) is 0 Å². The van der Waals surface area contributed by atoms with Crippen LogP contribution in [0.4, 0.5) is 0 Å². The minimum Gasteiger partial charge on any atom is -0.466 e. The molecule has 0 aliphatic rings. The lowest BCUT2D eigenvalue weighted by Crippen LogP contribution is -2.11. The predicted octanol–water partition coefficient (Wildman–Crippen LogP) is 4.91. The van der Waals surface area contributed by atoms with Crippen molar-refractivity contribution in [3.8, 4) is 0 Å². The number of esters is 1. The summed E-state index contributed by atoms with van der Waals surface area (Å²) in [6, 6.07) is 0. The van der Waals surface area contributed by atoms with Gasteiger partial charge in [0.1, 0.15) is 0 Å². The van der Waals surface area contributed by atoms with Gasteiger partial charge in [0, 0.05) is 11.3 Å². The maximum absolute atomic E-state index is 11.2. The van der Waals surface area contributed by atoms with E-state index in [2.05, 4.69) is 0 Å². The van der Waals surface area contributed by atoms with Crippen LogP contribution in [-0.4, -0.2) is 23.8 Å². The summed E-state index contributed by atoms with van der Waals surface area (Å²) in [5, 5.41) is -0.0692. The van der Waals surface area contributed by atoms with Gasteiger partial charge in [-0.25, -0.2) is 0 Å². The molecule has 0 aromatic carbocycles. The molecule has 0 aromatic heterocycles. The van der Waals surface area contributed by atoms with Gasteiger partial charge < -0.3 is 4.74 Å². The molecule has 0 aliphatic heterocycles. The van der Waals surface area contributed by atoms with E-state index in [0.29, 0.717) is 13.0 Å². The molecule has 1 unspecified atom stereocenters. The predicted molar refractivity (Wildman–Crippen MR) is 78.5 cm³/mol. The van der Waals surface area contributed by atoms with Crippen molar-refractivity contribution >= 4 is 29.2 Å². The lowest BCUT2D eigenvalue weighted by Gasteiger charge is -2.08. The average molecular weight is 297 g/mol. The van der Waals surface area contributed by atoms with Gasteiger partial charge in [0.25, 0.3) is 0 Å². The summed E-state index contributed by atoms with van der Waals surface area (Å²) < 4.78 is 4.86. The molecule has 0 aliphatic carbocycles. The first-order chi connectivity index (χ1) is 8.70. The zero-order chi connectivity index (χ0) is 13.6. The molecular formula is C14H26Cl2O2. The SMILES string of the molecule is CCOC(=O)CC(Cl)CCCCCCCCCCl. The third-order valence-electron chi connectivity index (χ3n) is 2.84. The van der Waals surface area contributed by atoms with E-state index in [1.54, 1.807) is 0 Å². The Morgan fingerprint density at radius 1 is 1.06 bits per heavy atom. The number of ether oxygens (including phenoxy) is 1. The second-order valence-corrected chi connectivity index (χ2v) is 5.55. The Kier molecular flexibility index (Phi) is 13.5. The molecule has 0 aromatic rings. The zero-order valence-corrected chi connectivity index (χ0v) is 12.9. The molecule has 0 heterocycles. The fourth-order valence-electron chi connectivity index (χ4n) is 1.85. The maximum Gasteiger partial charge on any atom is 0.307 e. The van der Waals surface area contributed by atoms with Crippen molar-refractivity contribution in [3.63, 3.8) is 0 Å². The Morgan fingerprint density at radius 2 is 1.61 bits per heavy atom. The van der Waals surface area contributed by atoms with Crippen LogP contribution in [0.2, 0.25) is 0 Å². The number of hydrogen-bond acceptors (Lipinski definition) is 2. The quantitative estimate of drug-likeness (QED) is 0.291. The summed E-state index contributed by atoms with van der Waals surface area (Å²) >= 11 is 11.7. The zero-order valence-electron chi connectivity index (χ0n) is 11.4. The molecule has 0 spiro atoms. The third kappa shape index (κ3) is 12.5. The van der Waals surface area contributed by atoms with Gasteiger partial charge in [-0.15, -0.1) is 23.2 Å². The fraction of sp³-hybridized carbons (Fsp3) is 0.929. The molecule has 4 heteroatoms. The Labute approximate surface area is 121 Å². The van der Waals surface area contributed by atoms with Crippen LogP contribution < -0.4 is 0 Å². The number of alkyl halides is 2. The molecule has 0 saturated carbocycles. The van der Waals surface area contributed by atoms with Gasteiger partial charge in [0.2, 0.25) is 0 Å². The topological polar surface area (TPSA) is 26.3 Å². The Morgan fingerprint density at radius 3 is 2.17 bits per heavy atom. The lowest BCUT2D eigenvalue weighted by molar-refractivity contribution is -0.143. The summed E-state index contributed by atoms with van der Waals surface area (Å²) in [6.07, 6.45) is 9.73. The van der Waals surface area contributed by atoms with E-state index in [0.717, 1.165) is 25.1 Å². The standard InChI is InChI=1S/C14H26Cl2O2/c1-2-18-14(17)12-13(16)10-8-6-4-3-5-7-9-11-15/h13H,2-12H2,1H3.